The van der Waals surface area contributed by atoms with E-state index in [-0.39, 0.29) is 25.7 Å². The van der Waals surface area contributed by atoms with Crippen LogP contribution in [0.4, 0.5) is 0 Å². The molecule has 3 N–H and O–H groups in total. The molecule has 0 aliphatic heterocycles. The van der Waals surface area contributed by atoms with Gasteiger partial charge in [-0.15, -0.1) is 0 Å². The minimum Gasteiger partial charge on any atom is -0.462 e. The molecule has 0 aliphatic carbocycles. The van der Waals surface area contributed by atoms with E-state index in [1.54, 1.807) is 12.2 Å². The fourth-order valence-electron chi connectivity index (χ4n) is 9.85. The number of carbonyl (C=O) groups excluding carboxylic acids is 4. The van der Waals surface area contributed by atoms with E-state index in [4.69, 9.17) is 37.0 Å². The summed E-state index contributed by atoms with van der Waals surface area (Å²) >= 11 is 0. The molecule has 0 aromatic heterocycles. The summed E-state index contributed by atoms with van der Waals surface area (Å²) in [6, 6.07) is 0. The van der Waals surface area contributed by atoms with Crippen LogP contribution in [0.1, 0.15) is 297 Å². The van der Waals surface area contributed by atoms with E-state index in [0.29, 0.717) is 25.7 Å². The van der Waals surface area contributed by atoms with Crippen molar-refractivity contribution in [1.29, 1.82) is 0 Å². The molecule has 0 saturated heterocycles. The van der Waals surface area contributed by atoms with Crippen LogP contribution in [-0.2, 0) is 65.4 Å². The highest BCUT2D eigenvalue weighted by molar-refractivity contribution is 7.47. The van der Waals surface area contributed by atoms with Crippen molar-refractivity contribution in [3.05, 3.63) is 134 Å². The predicted molar refractivity (Wildman–Crippen MR) is 408 cm³/mol. The standard InChI is InChI=1S/C81H136O17P2/c1-5-9-13-17-21-25-29-33-36-37-40-43-46-50-54-58-62-66-79(84)92-72-77(98-81(86)68-64-60-56-52-48-44-39-35-31-27-23-19-15-11-7-3)74-96-100(89,90)94-70-75(82)69-93-99(87,88)95-73-76(97-80(85)67-63-59-55-51-47-41-32-28-24-20-16-12-8-4)71-91-78(83)65-61-57-53-49-45-42-38-34-30-26-22-18-14-10-6-2/h9,11,13,15-16,20-21,23,25,27-28,32-33,35-36,39-40,43,48,52,60,64,75-77,82H,5-8,10,12,14,17-19,22,24,26,29-31,34,37-38,41-42,44-47,49-51,53-59,61-63,65-74H2,1-4H3,(H,87,88)(H,89,90)/b13-9-,15-11-,20-16-,25-21-,27-23-,32-28-,36-33-,39-35-,43-40-,52-48-,64-60-. The van der Waals surface area contributed by atoms with Crippen molar-refractivity contribution in [2.75, 3.05) is 39.6 Å². The first-order chi connectivity index (χ1) is 48.7. The normalized spacial score (nSPS) is 14.7. The third-order valence-corrected chi connectivity index (χ3v) is 17.5. The lowest BCUT2D eigenvalue weighted by molar-refractivity contribution is -0.161. The first-order valence-electron chi connectivity index (χ1n) is 38.4. The smallest absolute Gasteiger partial charge is 0.462 e. The number of phosphoric ester groups is 2. The lowest BCUT2D eigenvalue weighted by atomic mass is 10.0. The zero-order valence-electron chi connectivity index (χ0n) is 62.3. The number of unbranched alkanes of at least 4 members (excludes halogenated alkanes) is 24. The molecule has 0 aromatic carbocycles. The van der Waals surface area contributed by atoms with Gasteiger partial charge in [0, 0.05) is 19.3 Å². The number of rotatable bonds is 71. The van der Waals surface area contributed by atoms with Crippen molar-refractivity contribution in [3.8, 4) is 0 Å². The Labute approximate surface area is 605 Å². The molecule has 0 amide bonds. The molecular weight excluding hydrogens is 1310 g/mol. The van der Waals surface area contributed by atoms with Crippen LogP contribution in [0, 0.1) is 0 Å². The van der Waals surface area contributed by atoms with Crippen molar-refractivity contribution in [2.45, 2.75) is 316 Å². The van der Waals surface area contributed by atoms with Gasteiger partial charge in [0.2, 0.25) is 0 Å². The average Bonchev–Trinajstić information content (AvgIpc) is 0.932. The molecule has 5 unspecified atom stereocenters. The largest absolute Gasteiger partial charge is 0.472 e. The number of aliphatic hydroxyl groups is 1. The molecule has 0 fully saturated rings. The third kappa shape index (κ3) is 71.6. The van der Waals surface area contributed by atoms with Gasteiger partial charge in [0.1, 0.15) is 19.3 Å². The van der Waals surface area contributed by atoms with Gasteiger partial charge in [-0.1, -0.05) is 290 Å². The molecule has 0 radical (unpaired) electrons. The number of esters is 4. The molecule has 0 heterocycles. The van der Waals surface area contributed by atoms with E-state index in [1.165, 1.54) is 70.6 Å². The monoisotopic (exact) mass is 1440 g/mol. The van der Waals surface area contributed by atoms with Gasteiger partial charge in [0.05, 0.1) is 32.8 Å². The molecule has 0 bridgehead atoms. The number of allylic oxidation sites excluding steroid dienone is 21. The van der Waals surface area contributed by atoms with Crippen LogP contribution in [0.15, 0.2) is 134 Å². The molecule has 0 aromatic rings. The Kier molecular flexibility index (Phi) is 69.1. The highest BCUT2D eigenvalue weighted by atomic mass is 31.2. The molecule has 0 rings (SSSR count). The van der Waals surface area contributed by atoms with Crippen molar-refractivity contribution < 1.29 is 80.2 Å². The van der Waals surface area contributed by atoms with E-state index in [9.17, 15) is 43.2 Å². The summed E-state index contributed by atoms with van der Waals surface area (Å²) in [5, 5.41) is 10.6. The molecule has 5 atom stereocenters. The molecule has 100 heavy (non-hydrogen) atoms. The van der Waals surface area contributed by atoms with Gasteiger partial charge < -0.3 is 33.8 Å². The molecule has 0 spiro atoms. The lowest BCUT2D eigenvalue weighted by Crippen LogP contribution is -2.30. The van der Waals surface area contributed by atoms with Crippen LogP contribution in [0.2, 0.25) is 0 Å². The number of ether oxygens (including phenoxy) is 4. The van der Waals surface area contributed by atoms with Crippen LogP contribution in [0.25, 0.3) is 0 Å². The van der Waals surface area contributed by atoms with Gasteiger partial charge in [-0.05, 0) is 116 Å². The Hall–Kier alpha value is -4.80. The third-order valence-electron chi connectivity index (χ3n) is 15.6. The molecular formula is C81H136O17P2. The maximum Gasteiger partial charge on any atom is 0.472 e. The molecule has 0 aliphatic rings. The number of carbonyl (C=O) groups is 4. The Morgan fingerprint density at radius 2 is 0.580 bits per heavy atom. The van der Waals surface area contributed by atoms with Crippen molar-refractivity contribution in [1.82, 2.24) is 0 Å². The van der Waals surface area contributed by atoms with E-state index in [2.05, 4.69) is 137 Å². The molecule has 572 valence electrons. The van der Waals surface area contributed by atoms with Gasteiger partial charge in [-0.2, -0.15) is 0 Å². The molecule has 17 nitrogen and oxygen atoms in total. The van der Waals surface area contributed by atoms with E-state index < -0.39 is 97.5 Å². The zero-order valence-corrected chi connectivity index (χ0v) is 64.1. The second kappa shape index (κ2) is 72.5. The Morgan fingerprint density at radius 3 is 0.930 bits per heavy atom. The minimum absolute atomic E-state index is 0.0752. The number of hydrogen-bond donors (Lipinski definition) is 3. The van der Waals surface area contributed by atoms with Crippen molar-refractivity contribution in [3.63, 3.8) is 0 Å². The number of hydrogen-bond acceptors (Lipinski definition) is 15. The summed E-state index contributed by atoms with van der Waals surface area (Å²) in [6.07, 6.45) is 80.5. The van der Waals surface area contributed by atoms with Crippen LogP contribution < -0.4 is 0 Å². The highest BCUT2D eigenvalue weighted by Gasteiger charge is 2.30. The maximum atomic E-state index is 13.1. The Bertz CT molecular complexity index is 2420. The van der Waals surface area contributed by atoms with Crippen molar-refractivity contribution >= 4 is 39.5 Å². The SMILES string of the molecule is CC/C=C\C/C=C\C/C=C\C/C=C\C/C=C\CC(=O)OC(COC(=O)CCCCCC/C=C\C/C=C\C/C=C\C/C=C\CC)COP(=O)(O)OCC(O)COP(=O)(O)OCC(COC(=O)CCCCCCCCCCCCCCCCC)OC(=O)CCCCCCC/C=C\C/C=C\CCC. The van der Waals surface area contributed by atoms with Crippen molar-refractivity contribution in [2.24, 2.45) is 0 Å². The van der Waals surface area contributed by atoms with E-state index in [1.807, 2.05) is 12.2 Å². The Morgan fingerprint density at radius 1 is 0.300 bits per heavy atom. The summed E-state index contributed by atoms with van der Waals surface area (Å²) in [5.74, 6) is -2.36. The van der Waals surface area contributed by atoms with Crippen LogP contribution in [0.3, 0.4) is 0 Å². The number of aliphatic hydroxyl groups excluding tert-OH is 1. The molecule has 0 saturated carbocycles. The summed E-state index contributed by atoms with van der Waals surface area (Å²) < 4.78 is 68.3. The average molecular weight is 1440 g/mol. The summed E-state index contributed by atoms with van der Waals surface area (Å²) in [6.45, 7) is 4.43. The second-order valence-electron chi connectivity index (χ2n) is 25.2. The van der Waals surface area contributed by atoms with Crippen LogP contribution in [-0.4, -0.2) is 96.7 Å². The lowest BCUT2D eigenvalue weighted by Gasteiger charge is -2.21. The summed E-state index contributed by atoms with van der Waals surface area (Å²) in [4.78, 5) is 72.8. The second-order valence-corrected chi connectivity index (χ2v) is 28.1. The first-order valence-corrected chi connectivity index (χ1v) is 41.4. The van der Waals surface area contributed by atoms with Gasteiger partial charge in [0.25, 0.3) is 0 Å². The van der Waals surface area contributed by atoms with Gasteiger partial charge in [0.15, 0.2) is 12.2 Å². The van der Waals surface area contributed by atoms with E-state index in [0.717, 1.165) is 148 Å². The highest BCUT2D eigenvalue weighted by Crippen LogP contribution is 2.45. The topological polar surface area (TPSA) is 237 Å². The van der Waals surface area contributed by atoms with Crippen LogP contribution >= 0.6 is 15.6 Å². The number of phosphoric acid groups is 2. The van der Waals surface area contributed by atoms with Gasteiger partial charge in [-0.25, -0.2) is 9.13 Å². The predicted octanol–water partition coefficient (Wildman–Crippen LogP) is 22.1. The first kappa shape index (κ1) is 95.2. The van der Waals surface area contributed by atoms with Crippen LogP contribution in [0.5, 0.6) is 0 Å². The van der Waals surface area contributed by atoms with Gasteiger partial charge in [-0.3, -0.25) is 37.3 Å². The minimum atomic E-state index is -5.01. The maximum absolute atomic E-state index is 13.1. The zero-order chi connectivity index (χ0) is 73.2. The summed E-state index contributed by atoms with van der Waals surface area (Å²) in [7, 11) is -9.99. The fourth-order valence-corrected chi connectivity index (χ4v) is 11.4. The van der Waals surface area contributed by atoms with Gasteiger partial charge >= 0.3 is 39.5 Å². The molecule has 19 heteroatoms. The Balaban J connectivity index is 5.44. The quantitative estimate of drug-likeness (QED) is 0.0169. The fraction of sp³-hybridized carbons (Fsp3) is 0.679. The summed E-state index contributed by atoms with van der Waals surface area (Å²) in [5.41, 5.74) is 0. The van der Waals surface area contributed by atoms with E-state index >= 15 is 0 Å².